The Kier molecular flexibility index (Phi) is 4.25. The third kappa shape index (κ3) is 3.31. The van der Waals surface area contributed by atoms with Crippen molar-refractivity contribution in [1.82, 2.24) is 4.98 Å². The van der Waals surface area contributed by atoms with Crippen LogP contribution in [0.1, 0.15) is 16.8 Å². The molecule has 3 nitrogen and oxygen atoms in total. The van der Waals surface area contributed by atoms with Crippen LogP contribution in [-0.4, -0.2) is 25.9 Å². The number of fused-ring (bicyclic) bond motifs is 1. The molecule has 1 heterocycles. The zero-order chi connectivity index (χ0) is 16.6. The van der Waals surface area contributed by atoms with Crippen molar-refractivity contribution >= 4 is 32.5 Å². The minimum atomic E-state index is -3.19. The van der Waals surface area contributed by atoms with E-state index in [1.807, 2.05) is 13.0 Å². The molecule has 23 heavy (non-hydrogen) atoms. The van der Waals surface area contributed by atoms with Crippen molar-refractivity contribution in [3.05, 3.63) is 59.3 Å². The summed E-state index contributed by atoms with van der Waals surface area (Å²) in [5.41, 5.74) is 4.43. The number of sulfone groups is 1. The molecule has 0 saturated heterocycles. The Morgan fingerprint density at radius 2 is 1.78 bits per heavy atom. The second kappa shape index (κ2) is 6.06. The van der Waals surface area contributed by atoms with Gasteiger partial charge in [-0.05, 0) is 55.0 Å². The van der Waals surface area contributed by atoms with E-state index in [-0.39, 0.29) is 0 Å². The van der Waals surface area contributed by atoms with Crippen LogP contribution in [0.4, 0.5) is 0 Å². The van der Waals surface area contributed by atoms with E-state index in [9.17, 15) is 8.42 Å². The Labute approximate surface area is 141 Å². The van der Waals surface area contributed by atoms with Crippen LogP contribution in [0.2, 0.25) is 0 Å². The average molecular weight is 345 g/mol. The van der Waals surface area contributed by atoms with E-state index >= 15 is 0 Å². The first-order valence-electron chi connectivity index (χ1n) is 7.32. The fourth-order valence-electron chi connectivity index (χ4n) is 2.78. The van der Waals surface area contributed by atoms with Crippen LogP contribution in [0, 0.1) is 6.92 Å². The SMILES string of the molecule is CSc1ccc(Cc2c(C)[nH]c3cc(S(C)(=O)=O)ccc23)cc1. The quantitative estimate of drug-likeness (QED) is 0.721. The molecule has 1 N–H and O–H groups in total. The van der Waals surface area contributed by atoms with Gasteiger partial charge in [0, 0.05) is 27.7 Å². The lowest BCUT2D eigenvalue weighted by Gasteiger charge is -2.04. The summed E-state index contributed by atoms with van der Waals surface area (Å²) in [6.45, 7) is 2.03. The number of nitrogens with one attached hydrogen (secondary N) is 1. The number of rotatable bonds is 4. The minimum Gasteiger partial charge on any atom is -0.358 e. The minimum absolute atomic E-state index is 0.349. The predicted octanol–water partition coefficient (Wildman–Crippen LogP) is 4.19. The Morgan fingerprint density at radius 1 is 1.09 bits per heavy atom. The largest absolute Gasteiger partial charge is 0.358 e. The van der Waals surface area contributed by atoms with E-state index in [1.165, 1.54) is 22.3 Å². The highest BCUT2D eigenvalue weighted by atomic mass is 32.2. The molecule has 120 valence electrons. The molecule has 1 aromatic heterocycles. The van der Waals surface area contributed by atoms with Crippen LogP contribution >= 0.6 is 11.8 Å². The van der Waals surface area contributed by atoms with Crippen LogP contribution in [-0.2, 0) is 16.3 Å². The van der Waals surface area contributed by atoms with Crippen LogP contribution in [0.5, 0.6) is 0 Å². The van der Waals surface area contributed by atoms with Crippen molar-refractivity contribution < 1.29 is 8.42 Å². The maximum Gasteiger partial charge on any atom is 0.175 e. The van der Waals surface area contributed by atoms with Gasteiger partial charge in [0.1, 0.15) is 0 Å². The number of H-pyrrole nitrogens is 1. The molecule has 0 aliphatic heterocycles. The second-order valence-corrected chi connectivity index (χ2v) is 8.63. The number of aryl methyl sites for hydroxylation is 1. The lowest BCUT2D eigenvalue weighted by molar-refractivity contribution is 0.602. The Hall–Kier alpha value is -1.72. The maximum absolute atomic E-state index is 11.7. The van der Waals surface area contributed by atoms with Crippen molar-refractivity contribution in [2.24, 2.45) is 0 Å². The molecular weight excluding hydrogens is 326 g/mol. The lowest BCUT2D eigenvalue weighted by atomic mass is 10.0. The highest BCUT2D eigenvalue weighted by molar-refractivity contribution is 7.98. The second-order valence-electron chi connectivity index (χ2n) is 5.73. The van der Waals surface area contributed by atoms with Gasteiger partial charge in [-0.3, -0.25) is 0 Å². The van der Waals surface area contributed by atoms with Crippen molar-refractivity contribution in [2.45, 2.75) is 23.1 Å². The molecule has 0 bridgehead atoms. The fraction of sp³-hybridized carbons (Fsp3) is 0.222. The fourth-order valence-corrected chi connectivity index (χ4v) is 3.83. The number of thioether (sulfide) groups is 1. The molecule has 0 aliphatic carbocycles. The molecule has 0 atom stereocenters. The molecule has 0 spiro atoms. The van der Waals surface area contributed by atoms with Crippen molar-refractivity contribution in [1.29, 1.82) is 0 Å². The van der Waals surface area contributed by atoms with Gasteiger partial charge in [-0.2, -0.15) is 0 Å². The van der Waals surface area contributed by atoms with Gasteiger partial charge in [0.25, 0.3) is 0 Å². The van der Waals surface area contributed by atoms with Crippen molar-refractivity contribution in [3.63, 3.8) is 0 Å². The normalized spacial score (nSPS) is 12.0. The van der Waals surface area contributed by atoms with Gasteiger partial charge >= 0.3 is 0 Å². The Morgan fingerprint density at radius 3 is 2.39 bits per heavy atom. The number of aromatic amines is 1. The van der Waals surface area contributed by atoms with Gasteiger partial charge in [0.15, 0.2) is 9.84 Å². The lowest BCUT2D eigenvalue weighted by Crippen LogP contribution is -1.96. The molecule has 2 aromatic carbocycles. The van der Waals surface area contributed by atoms with Gasteiger partial charge in [-0.1, -0.05) is 18.2 Å². The molecule has 0 amide bonds. The summed E-state index contributed by atoms with van der Waals surface area (Å²) in [5, 5.41) is 1.09. The van der Waals surface area contributed by atoms with Gasteiger partial charge in [0.2, 0.25) is 0 Å². The average Bonchev–Trinajstić information content (AvgIpc) is 2.82. The highest BCUT2D eigenvalue weighted by Crippen LogP contribution is 2.27. The van der Waals surface area contributed by atoms with E-state index in [0.29, 0.717) is 4.90 Å². The summed E-state index contributed by atoms with van der Waals surface area (Å²) in [7, 11) is -3.19. The summed E-state index contributed by atoms with van der Waals surface area (Å²) in [6, 6.07) is 13.9. The van der Waals surface area contributed by atoms with Crippen LogP contribution in [0.3, 0.4) is 0 Å². The smallest absolute Gasteiger partial charge is 0.175 e. The van der Waals surface area contributed by atoms with E-state index in [4.69, 9.17) is 0 Å². The molecule has 0 radical (unpaired) electrons. The number of benzene rings is 2. The molecule has 3 aromatic rings. The molecule has 5 heteroatoms. The van der Waals surface area contributed by atoms with E-state index in [2.05, 4.69) is 35.5 Å². The molecule has 0 aliphatic rings. The Bertz CT molecular complexity index is 955. The molecule has 0 unspecified atom stereocenters. The molecule has 0 fully saturated rings. The molecule has 0 saturated carbocycles. The summed E-state index contributed by atoms with van der Waals surface area (Å²) in [6.07, 6.45) is 4.13. The number of hydrogen-bond acceptors (Lipinski definition) is 3. The van der Waals surface area contributed by atoms with Crippen LogP contribution in [0.25, 0.3) is 10.9 Å². The molecular formula is C18H19NO2S2. The Balaban J connectivity index is 2.02. The van der Waals surface area contributed by atoms with Crippen LogP contribution in [0.15, 0.2) is 52.3 Å². The van der Waals surface area contributed by atoms with Crippen molar-refractivity contribution in [2.75, 3.05) is 12.5 Å². The standard InChI is InChI=1S/C18H19NO2S2/c1-12-17(10-13-4-6-14(22-2)7-5-13)16-9-8-15(23(3,20)21)11-18(16)19-12/h4-9,11,19H,10H2,1-3H3. The summed E-state index contributed by atoms with van der Waals surface area (Å²) in [4.78, 5) is 4.92. The summed E-state index contributed by atoms with van der Waals surface area (Å²) < 4.78 is 23.4. The first-order valence-corrected chi connectivity index (χ1v) is 10.4. The first kappa shape index (κ1) is 16.1. The molecule has 3 rings (SSSR count). The summed E-state index contributed by atoms with van der Waals surface area (Å²) >= 11 is 1.73. The van der Waals surface area contributed by atoms with E-state index in [0.717, 1.165) is 23.0 Å². The topological polar surface area (TPSA) is 49.9 Å². The van der Waals surface area contributed by atoms with Gasteiger partial charge in [-0.15, -0.1) is 11.8 Å². The summed E-state index contributed by atoms with van der Waals surface area (Å²) in [5.74, 6) is 0. The maximum atomic E-state index is 11.7. The first-order chi connectivity index (χ1) is 10.9. The highest BCUT2D eigenvalue weighted by Gasteiger charge is 2.13. The number of hydrogen-bond donors (Lipinski definition) is 1. The monoisotopic (exact) mass is 345 g/mol. The van der Waals surface area contributed by atoms with Gasteiger partial charge < -0.3 is 4.98 Å². The third-order valence-corrected chi connectivity index (χ3v) is 5.91. The van der Waals surface area contributed by atoms with Gasteiger partial charge in [-0.25, -0.2) is 8.42 Å². The van der Waals surface area contributed by atoms with Gasteiger partial charge in [0.05, 0.1) is 4.90 Å². The van der Waals surface area contributed by atoms with E-state index in [1.54, 1.807) is 23.9 Å². The third-order valence-electron chi connectivity index (χ3n) is 4.06. The predicted molar refractivity (Wildman–Crippen MR) is 97.2 cm³/mol. The number of aromatic nitrogens is 1. The van der Waals surface area contributed by atoms with Crippen molar-refractivity contribution in [3.8, 4) is 0 Å². The zero-order valence-corrected chi connectivity index (χ0v) is 15.0. The zero-order valence-electron chi connectivity index (χ0n) is 13.4. The van der Waals surface area contributed by atoms with Crippen LogP contribution < -0.4 is 0 Å². The van der Waals surface area contributed by atoms with E-state index < -0.39 is 9.84 Å².